The molecule has 0 aliphatic heterocycles. The Kier molecular flexibility index (Phi) is 7.26. The molecule has 0 N–H and O–H groups in total. The molecule has 0 saturated carbocycles. The number of alkyl halides is 3. The molecular weight excluding hydrogens is 234 g/mol. The average Bonchev–Trinajstić information content (AvgIpc) is 2.15. The molecule has 0 aromatic carbocycles. The van der Waals surface area contributed by atoms with Gasteiger partial charge in [-0.05, 0) is 18.9 Å². The van der Waals surface area contributed by atoms with Gasteiger partial charge in [0.15, 0.2) is 0 Å². The van der Waals surface area contributed by atoms with Gasteiger partial charge in [0.25, 0.3) is 0 Å². The second kappa shape index (κ2) is 7.58. The summed E-state index contributed by atoms with van der Waals surface area (Å²) in [5.41, 5.74) is 0.669. The fourth-order valence-electron chi connectivity index (χ4n) is 1.15. The molecule has 0 aliphatic rings. The molecule has 92 valence electrons. The number of ether oxygens (including phenoxy) is 1. The average molecular weight is 251 g/mol. The molecule has 0 bridgehead atoms. The van der Waals surface area contributed by atoms with Crippen LogP contribution in [0.15, 0.2) is 36.5 Å². The van der Waals surface area contributed by atoms with Crippen LogP contribution >= 0.6 is 11.6 Å². The third kappa shape index (κ3) is 7.60. The highest BCUT2D eigenvalue weighted by Gasteiger charge is 2.25. The summed E-state index contributed by atoms with van der Waals surface area (Å²) >= 11 is 5.49. The highest BCUT2D eigenvalue weighted by atomic mass is 35.5. The SMILES string of the molecule is C=CC/C=C(\C=C/CCl)C(C)OC(C)(F)F. The number of hydrogen-bond acceptors (Lipinski definition) is 1. The Balaban J connectivity index is 4.62. The first-order valence-electron chi connectivity index (χ1n) is 4.99. The van der Waals surface area contributed by atoms with Crippen LogP contribution in [-0.4, -0.2) is 18.1 Å². The summed E-state index contributed by atoms with van der Waals surface area (Å²) < 4.78 is 29.9. The summed E-state index contributed by atoms with van der Waals surface area (Å²) in [7, 11) is 0. The zero-order valence-corrected chi connectivity index (χ0v) is 10.3. The minimum atomic E-state index is -3.14. The van der Waals surface area contributed by atoms with Gasteiger partial charge in [0.05, 0.1) is 6.10 Å². The zero-order valence-electron chi connectivity index (χ0n) is 9.55. The Hall–Kier alpha value is -0.670. The van der Waals surface area contributed by atoms with E-state index in [2.05, 4.69) is 11.3 Å². The van der Waals surface area contributed by atoms with Gasteiger partial charge in [-0.3, -0.25) is 0 Å². The lowest BCUT2D eigenvalue weighted by atomic mass is 10.1. The Morgan fingerprint density at radius 3 is 2.62 bits per heavy atom. The number of allylic oxidation sites excluding steroid dienone is 3. The summed E-state index contributed by atoms with van der Waals surface area (Å²) in [6.45, 7) is 5.86. The summed E-state index contributed by atoms with van der Waals surface area (Å²) in [5, 5.41) is 0. The molecular formula is C12H17ClF2O. The fraction of sp³-hybridized carbons (Fsp3) is 0.500. The van der Waals surface area contributed by atoms with Crippen LogP contribution in [0.1, 0.15) is 20.3 Å². The minimum Gasteiger partial charge on any atom is -0.313 e. The van der Waals surface area contributed by atoms with E-state index in [0.29, 0.717) is 17.9 Å². The van der Waals surface area contributed by atoms with E-state index >= 15 is 0 Å². The molecule has 0 fully saturated rings. The standard InChI is InChI=1S/C12H17ClF2O/c1-4-5-7-11(8-6-9-13)10(2)16-12(3,14)15/h4,6-8,10H,1,5,9H2,2-3H3/b8-6-,11-7+. The largest absolute Gasteiger partial charge is 0.353 e. The predicted molar refractivity (Wildman–Crippen MR) is 63.9 cm³/mol. The third-order valence-corrected chi connectivity index (χ3v) is 1.95. The van der Waals surface area contributed by atoms with Crippen molar-refractivity contribution in [2.45, 2.75) is 32.5 Å². The van der Waals surface area contributed by atoms with Crippen LogP contribution < -0.4 is 0 Å². The molecule has 0 radical (unpaired) electrons. The van der Waals surface area contributed by atoms with Crippen molar-refractivity contribution in [2.75, 3.05) is 5.88 Å². The van der Waals surface area contributed by atoms with Crippen molar-refractivity contribution < 1.29 is 13.5 Å². The van der Waals surface area contributed by atoms with Gasteiger partial charge in [0.2, 0.25) is 0 Å². The molecule has 0 rings (SSSR count). The third-order valence-electron chi connectivity index (χ3n) is 1.77. The van der Waals surface area contributed by atoms with E-state index in [-0.39, 0.29) is 0 Å². The Labute approximate surface area is 100 Å². The lowest BCUT2D eigenvalue weighted by Gasteiger charge is -2.19. The maximum absolute atomic E-state index is 12.7. The lowest BCUT2D eigenvalue weighted by molar-refractivity contribution is -0.238. The second-order valence-corrected chi connectivity index (χ2v) is 3.66. The van der Waals surface area contributed by atoms with Crippen LogP contribution in [0, 0.1) is 0 Å². The van der Waals surface area contributed by atoms with Gasteiger partial charge in [0, 0.05) is 12.8 Å². The summed E-state index contributed by atoms with van der Waals surface area (Å²) in [5.74, 6) is 0.334. The zero-order chi connectivity index (χ0) is 12.6. The normalized spacial score (nSPS) is 15.4. The van der Waals surface area contributed by atoms with E-state index in [1.54, 1.807) is 31.2 Å². The van der Waals surface area contributed by atoms with Crippen LogP contribution in [0.5, 0.6) is 0 Å². The van der Waals surface area contributed by atoms with Crippen LogP contribution in [0.2, 0.25) is 0 Å². The lowest BCUT2D eigenvalue weighted by Crippen LogP contribution is -2.23. The Bertz CT molecular complexity index is 267. The maximum Gasteiger partial charge on any atom is 0.353 e. The molecule has 0 aliphatic carbocycles. The van der Waals surface area contributed by atoms with Crippen molar-refractivity contribution in [1.82, 2.24) is 0 Å². The molecule has 1 unspecified atom stereocenters. The summed E-state index contributed by atoms with van der Waals surface area (Å²) in [4.78, 5) is 0. The van der Waals surface area contributed by atoms with Gasteiger partial charge in [-0.25, -0.2) is 0 Å². The van der Waals surface area contributed by atoms with E-state index in [9.17, 15) is 8.78 Å². The first-order chi connectivity index (χ1) is 7.40. The quantitative estimate of drug-likeness (QED) is 0.372. The first-order valence-corrected chi connectivity index (χ1v) is 5.53. The summed E-state index contributed by atoms with van der Waals surface area (Å²) in [6.07, 6.45) is 3.63. The van der Waals surface area contributed by atoms with E-state index in [4.69, 9.17) is 11.6 Å². The highest BCUT2D eigenvalue weighted by molar-refractivity contribution is 6.18. The van der Waals surface area contributed by atoms with Gasteiger partial charge >= 0.3 is 6.11 Å². The first kappa shape index (κ1) is 15.3. The van der Waals surface area contributed by atoms with E-state index in [1.165, 1.54) is 0 Å². The van der Waals surface area contributed by atoms with Gasteiger partial charge in [-0.2, -0.15) is 8.78 Å². The molecule has 0 aromatic rings. The molecule has 4 heteroatoms. The highest BCUT2D eigenvalue weighted by Crippen LogP contribution is 2.21. The molecule has 0 spiro atoms. The van der Waals surface area contributed by atoms with Crippen LogP contribution in [-0.2, 0) is 4.74 Å². The number of hydrogen-bond donors (Lipinski definition) is 0. The van der Waals surface area contributed by atoms with Gasteiger partial charge in [-0.1, -0.05) is 24.3 Å². The molecule has 16 heavy (non-hydrogen) atoms. The predicted octanol–water partition coefficient (Wildman–Crippen LogP) is 4.30. The fourth-order valence-corrected chi connectivity index (χ4v) is 1.24. The number of rotatable bonds is 7. The van der Waals surface area contributed by atoms with E-state index in [0.717, 1.165) is 6.92 Å². The van der Waals surface area contributed by atoms with Crippen molar-refractivity contribution in [3.63, 3.8) is 0 Å². The topological polar surface area (TPSA) is 9.23 Å². The van der Waals surface area contributed by atoms with Crippen molar-refractivity contribution >= 4 is 11.6 Å². The minimum absolute atomic E-state index is 0.334. The molecule has 0 amide bonds. The molecule has 1 nitrogen and oxygen atoms in total. The second-order valence-electron chi connectivity index (χ2n) is 3.35. The van der Waals surface area contributed by atoms with E-state index in [1.807, 2.05) is 0 Å². The van der Waals surface area contributed by atoms with Crippen LogP contribution in [0.4, 0.5) is 8.78 Å². The van der Waals surface area contributed by atoms with Crippen LogP contribution in [0.25, 0.3) is 0 Å². The Morgan fingerprint density at radius 1 is 1.56 bits per heavy atom. The van der Waals surface area contributed by atoms with Crippen molar-refractivity contribution in [1.29, 1.82) is 0 Å². The molecule has 0 heterocycles. The van der Waals surface area contributed by atoms with Gasteiger partial charge in [-0.15, -0.1) is 18.2 Å². The monoisotopic (exact) mass is 250 g/mol. The van der Waals surface area contributed by atoms with Gasteiger partial charge in [0.1, 0.15) is 0 Å². The van der Waals surface area contributed by atoms with Crippen LogP contribution in [0.3, 0.4) is 0 Å². The van der Waals surface area contributed by atoms with Crippen molar-refractivity contribution in [3.8, 4) is 0 Å². The van der Waals surface area contributed by atoms with Crippen molar-refractivity contribution in [2.24, 2.45) is 0 Å². The molecule has 0 saturated heterocycles. The molecule has 1 atom stereocenters. The molecule has 0 aromatic heterocycles. The maximum atomic E-state index is 12.7. The van der Waals surface area contributed by atoms with Gasteiger partial charge < -0.3 is 4.74 Å². The Morgan fingerprint density at radius 2 is 2.19 bits per heavy atom. The summed E-state index contributed by atoms with van der Waals surface area (Å²) in [6, 6.07) is 0. The smallest absolute Gasteiger partial charge is 0.313 e. The number of halogens is 3. The van der Waals surface area contributed by atoms with Crippen molar-refractivity contribution in [3.05, 3.63) is 36.5 Å². The van der Waals surface area contributed by atoms with E-state index < -0.39 is 12.2 Å².